The number of nitrogens with zero attached hydrogens (tertiary/aromatic N) is 3. The number of hydrogen-bond acceptors (Lipinski definition) is 5. The number of nitrogens with one attached hydrogen (secondary N) is 1. The summed E-state index contributed by atoms with van der Waals surface area (Å²) in [6.45, 7) is 6.11. The van der Waals surface area contributed by atoms with Gasteiger partial charge in [0.2, 0.25) is 10.0 Å². The molecular formula is C23H28N4O4S. The smallest absolute Gasteiger partial charge is 0.274 e. The molecule has 1 fully saturated rings. The largest absolute Gasteiger partial charge is 0.330 e. The van der Waals surface area contributed by atoms with Crippen molar-refractivity contribution in [3.63, 3.8) is 0 Å². The zero-order valence-corrected chi connectivity index (χ0v) is 19.6. The van der Waals surface area contributed by atoms with E-state index in [0.29, 0.717) is 35.4 Å². The second-order valence-corrected chi connectivity index (χ2v) is 10.5. The number of rotatable bonds is 4. The Bertz CT molecular complexity index is 1240. The van der Waals surface area contributed by atoms with Crippen molar-refractivity contribution in [2.24, 2.45) is 0 Å². The Morgan fingerprint density at radius 1 is 1.19 bits per heavy atom. The molecule has 2 aliphatic rings. The van der Waals surface area contributed by atoms with Gasteiger partial charge in [-0.15, -0.1) is 0 Å². The summed E-state index contributed by atoms with van der Waals surface area (Å²) < 4.78 is 27.7. The molecule has 1 saturated heterocycles. The molecule has 0 aliphatic carbocycles. The number of anilines is 1. The van der Waals surface area contributed by atoms with Gasteiger partial charge in [0.15, 0.2) is 0 Å². The van der Waals surface area contributed by atoms with Gasteiger partial charge in [-0.05, 0) is 57.7 Å². The van der Waals surface area contributed by atoms with Crippen LogP contribution in [0.3, 0.4) is 0 Å². The molecule has 4 rings (SSSR count). The first-order valence-corrected chi connectivity index (χ1v) is 12.6. The van der Waals surface area contributed by atoms with Gasteiger partial charge in [-0.2, -0.15) is 5.10 Å². The van der Waals surface area contributed by atoms with E-state index >= 15 is 0 Å². The highest BCUT2D eigenvalue weighted by Gasteiger charge is 2.34. The number of amides is 1. The Labute approximate surface area is 188 Å². The summed E-state index contributed by atoms with van der Waals surface area (Å²) in [5, 5.41) is 4.60. The monoisotopic (exact) mass is 456 g/mol. The Kier molecular flexibility index (Phi) is 5.70. The molecule has 3 heterocycles. The van der Waals surface area contributed by atoms with E-state index in [4.69, 9.17) is 0 Å². The average Bonchev–Trinajstić information content (AvgIpc) is 3.14. The molecule has 8 nitrogen and oxygen atoms in total. The normalized spacial score (nSPS) is 19.2. The van der Waals surface area contributed by atoms with Gasteiger partial charge in [-0.25, -0.2) is 13.1 Å². The zero-order valence-electron chi connectivity index (χ0n) is 18.8. The number of aromatic nitrogens is 2. The van der Waals surface area contributed by atoms with Crippen LogP contribution in [0.15, 0.2) is 35.4 Å². The lowest BCUT2D eigenvalue weighted by molar-refractivity contribution is 0.0605. The van der Waals surface area contributed by atoms with Crippen molar-refractivity contribution in [2.75, 3.05) is 17.5 Å². The molecule has 0 unspecified atom stereocenters. The molecule has 1 aromatic carbocycles. The van der Waals surface area contributed by atoms with Crippen molar-refractivity contribution in [3.8, 4) is 0 Å². The number of aryl methyl sites for hydroxylation is 1. The SMILES string of the molecule is CC1=C(C)C(=O)n2nc([C@@H]3CCCCN3C(=O)c3c(C)cccc3NS(C)(=O)=O)cc2C1. The molecule has 0 bridgehead atoms. The fraction of sp³-hybridized carbons (Fsp3) is 0.435. The average molecular weight is 457 g/mol. The molecule has 170 valence electrons. The third-order valence-electron chi connectivity index (χ3n) is 6.29. The first kappa shape index (κ1) is 22.3. The van der Waals surface area contributed by atoms with Crippen LogP contribution in [-0.4, -0.2) is 47.7 Å². The predicted octanol–water partition coefficient (Wildman–Crippen LogP) is 3.46. The van der Waals surface area contributed by atoms with Crippen molar-refractivity contribution in [1.29, 1.82) is 0 Å². The summed E-state index contributed by atoms with van der Waals surface area (Å²) >= 11 is 0. The fourth-order valence-electron chi connectivity index (χ4n) is 4.51. The van der Waals surface area contributed by atoms with E-state index in [-0.39, 0.29) is 23.5 Å². The fourth-order valence-corrected chi connectivity index (χ4v) is 5.08. The van der Waals surface area contributed by atoms with Crippen LogP contribution in [0.4, 0.5) is 5.69 Å². The van der Waals surface area contributed by atoms with Crippen LogP contribution in [0.2, 0.25) is 0 Å². The molecule has 1 aromatic heterocycles. The Morgan fingerprint density at radius 3 is 2.66 bits per heavy atom. The van der Waals surface area contributed by atoms with Crippen molar-refractivity contribution in [3.05, 3.63) is 57.9 Å². The number of benzene rings is 1. The molecule has 32 heavy (non-hydrogen) atoms. The quantitative estimate of drug-likeness (QED) is 0.759. The lowest BCUT2D eigenvalue weighted by atomic mass is 9.96. The Hall–Kier alpha value is -2.94. The van der Waals surface area contributed by atoms with Gasteiger partial charge in [0, 0.05) is 18.5 Å². The Balaban J connectivity index is 1.71. The standard InChI is InChI=1S/C23H28N4O4S/c1-14-8-7-9-18(25-32(4,30)31)21(14)23(29)26-11-6-5-10-20(26)19-13-17-12-15(2)16(3)22(28)27(17)24-19/h7-9,13,20,25H,5-6,10-12H2,1-4H3/t20-/m0/s1. The number of piperidine rings is 1. The first-order valence-electron chi connectivity index (χ1n) is 10.7. The lowest BCUT2D eigenvalue weighted by Crippen LogP contribution is -2.39. The number of likely N-dealkylation sites (tertiary alicyclic amines) is 1. The maximum Gasteiger partial charge on any atom is 0.274 e. The maximum absolute atomic E-state index is 13.7. The summed E-state index contributed by atoms with van der Waals surface area (Å²) in [7, 11) is -3.54. The third kappa shape index (κ3) is 4.09. The number of hydrogen-bond donors (Lipinski definition) is 1. The summed E-state index contributed by atoms with van der Waals surface area (Å²) in [5.74, 6) is -0.357. The van der Waals surface area contributed by atoms with Crippen LogP contribution < -0.4 is 4.72 Å². The van der Waals surface area contributed by atoms with Crippen LogP contribution in [0.5, 0.6) is 0 Å². The van der Waals surface area contributed by atoms with Crippen LogP contribution in [-0.2, 0) is 16.4 Å². The minimum absolute atomic E-state index is 0.123. The van der Waals surface area contributed by atoms with Crippen LogP contribution in [0, 0.1) is 6.92 Å². The van der Waals surface area contributed by atoms with Crippen molar-refractivity contribution in [1.82, 2.24) is 14.7 Å². The van der Waals surface area contributed by atoms with Gasteiger partial charge in [0.25, 0.3) is 11.8 Å². The molecular weight excluding hydrogens is 428 g/mol. The molecule has 1 N–H and O–H groups in total. The summed E-state index contributed by atoms with van der Waals surface area (Å²) in [5.41, 5.74) is 4.59. The second-order valence-electron chi connectivity index (χ2n) is 8.74. The van der Waals surface area contributed by atoms with Gasteiger partial charge in [-0.1, -0.05) is 17.7 Å². The van der Waals surface area contributed by atoms with Gasteiger partial charge in [-0.3, -0.25) is 14.3 Å². The zero-order chi connectivity index (χ0) is 23.2. The molecule has 0 radical (unpaired) electrons. The molecule has 9 heteroatoms. The van der Waals surface area contributed by atoms with E-state index in [2.05, 4.69) is 9.82 Å². The molecule has 2 aromatic rings. The highest BCUT2D eigenvalue weighted by Crippen LogP contribution is 2.35. The lowest BCUT2D eigenvalue weighted by Gasteiger charge is -2.35. The minimum Gasteiger partial charge on any atom is -0.330 e. The molecule has 0 spiro atoms. The van der Waals surface area contributed by atoms with E-state index in [1.807, 2.05) is 19.9 Å². The van der Waals surface area contributed by atoms with Crippen molar-refractivity contribution < 1.29 is 18.0 Å². The van der Waals surface area contributed by atoms with E-state index in [1.54, 1.807) is 30.0 Å². The Morgan fingerprint density at radius 2 is 1.94 bits per heavy atom. The van der Waals surface area contributed by atoms with Crippen molar-refractivity contribution >= 4 is 27.5 Å². The summed E-state index contributed by atoms with van der Waals surface area (Å²) in [6, 6.07) is 6.78. The summed E-state index contributed by atoms with van der Waals surface area (Å²) in [6.07, 6.45) is 4.27. The van der Waals surface area contributed by atoms with Crippen LogP contribution in [0.1, 0.15) is 71.3 Å². The van der Waals surface area contributed by atoms with Crippen LogP contribution >= 0.6 is 0 Å². The molecule has 1 amide bonds. The topological polar surface area (TPSA) is 101 Å². The highest BCUT2D eigenvalue weighted by atomic mass is 32.2. The molecule has 0 saturated carbocycles. The van der Waals surface area contributed by atoms with Crippen molar-refractivity contribution in [2.45, 2.75) is 52.5 Å². The highest BCUT2D eigenvalue weighted by molar-refractivity contribution is 7.92. The molecule has 2 aliphatic heterocycles. The van der Waals surface area contributed by atoms with Gasteiger partial charge in [0.05, 0.1) is 34.9 Å². The summed E-state index contributed by atoms with van der Waals surface area (Å²) in [4.78, 5) is 28.2. The van der Waals surface area contributed by atoms with E-state index in [1.165, 1.54) is 4.68 Å². The van der Waals surface area contributed by atoms with Gasteiger partial charge in [0.1, 0.15) is 0 Å². The van der Waals surface area contributed by atoms with Gasteiger partial charge >= 0.3 is 0 Å². The van der Waals surface area contributed by atoms with E-state index < -0.39 is 10.0 Å². The number of allylic oxidation sites excluding steroid dienone is 2. The number of carbonyl (C=O) groups is 2. The van der Waals surface area contributed by atoms with Crippen LogP contribution in [0.25, 0.3) is 0 Å². The van der Waals surface area contributed by atoms with E-state index in [9.17, 15) is 18.0 Å². The second kappa shape index (κ2) is 8.20. The molecule has 1 atom stereocenters. The number of fused-ring (bicyclic) bond motifs is 1. The van der Waals surface area contributed by atoms with Gasteiger partial charge < -0.3 is 4.90 Å². The first-order chi connectivity index (χ1) is 15.1. The van der Waals surface area contributed by atoms with E-state index in [0.717, 1.165) is 36.8 Å². The minimum atomic E-state index is -3.54. The maximum atomic E-state index is 13.7. The third-order valence-corrected chi connectivity index (χ3v) is 6.88. The predicted molar refractivity (Wildman–Crippen MR) is 122 cm³/mol. The number of carbonyl (C=O) groups excluding carboxylic acids is 2. The number of sulfonamides is 1.